The number of hydrogen-bond donors (Lipinski definition) is 1. The lowest BCUT2D eigenvalue weighted by atomic mass is 10.1. The first-order valence-electron chi connectivity index (χ1n) is 6.78. The molecule has 0 saturated carbocycles. The molecule has 0 bridgehead atoms. The number of nitrogens with one attached hydrogen (secondary N) is 1. The van der Waals surface area contributed by atoms with Gasteiger partial charge in [-0.05, 0) is 24.3 Å². The molecule has 3 rings (SSSR count). The van der Waals surface area contributed by atoms with Gasteiger partial charge in [0.1, 0.15) is 29.7 Å². The summed E-state index contributed by atoms with van der Waals surface area (Å²) in [6.45, 7) is -0.792. The van der Waals surface area contributed by atoms with Gasteiger partial charge in [-0.1, -0.05) is 12.1 Å². The van der Waals surface area contributed by atoms with Crippen LogP contribution in [-0.4, -0.2) is 29.2 Å². The Kier molecular flexibility index (Phi) is 3.80. The lowest BCUT2D eigenvalue weighted by Crippen LogP contribution is -2.37. The van der Waals surface area contributed by atoms with Crippen LogP contribution < -0.4 is 5.32 Å². The average Bonchev–Trinajstić information content (AvgIpc) is 2.77. The molecule has 8 heteroatoms. The van der Waals surface area contributed by atoms with Crippen LogP contribution >= 0.6 is 0 Å². The Morgan fingerprint density at radius 1 is 0.917 bits per heavy atom. The van der Waals surface area contributed by atoms with Crippen LogP contribution in [0.4, 0.5) is 18.9 Å². The summed E-state index contributed by atoms with van der Waals surface area (Å²) in [7, 11) is 0. The Hall–Kier alpha value is -3.16. The van der Waals surface area contributed by atoms with Crippen LogP contribution in [-0.2, 0) is 4.79 Å². The third-order valence-electron chi connectivity index (χ3n) is 3.48. The lowest BCUT2D eigenvalue weighted by Gasteiger charge is -2.14. The highest BCUT2D eigenvalue weighted by Crippen LogP contribution is 2.25. The second-order valence-electron chi connectivity index (χ2n) is 5.00. The van der Waals surface area contributed by atoms with Gasteiger partial charge in [0.05, 0.1) is 11.1 Å². The summed E-state index contributed by atoms with van der Waals surface area (Å²) < 4.78 is 40.7. The molecule has 1 heterocycles. The van der Waals surface area contributed by atoms with E-state index in [2.05, 4.69) is 0 Å². The third-order valence-corrected chi connectivity index (χ3v) is 3.48. The number of rotatable bonds is 3. The summed E-state index contributed by atoms with van der Waals surface area (Å²) in [5.41, 5.74) is -1.28. The molecule has 2 aromatic carbocycles. The smallest absolute Gasteiger partial charge is 0.265 e. The Morgan fingerprint density at radius 3 is 2.12 bits per heavy atom. The van der Waals surface area contributed by atoms with Gasteiger partial charge >= 0.3 is 0 Å². The molecule has 0 aromatic heterocycles. The van der Waals surface area contributed by atoms with E-state index < -0.39 is 53.0 Å². The third kappa shape index (κ3) is 2.51. The minimum atomic E-state index is -1.00. The van der Waals surface area contributed by atoms with Gasteiger partial charge < -0.3 is 5.32 Å². The highest BCUT2D eigenvalue weighted by atomic mass is 19.1. The minimum absolute atomic E-state index is 0.162. The Bertz CT molecular complexity index is 863. The van der Waals surface area contributed by atoms with Crippen LogP contribution in [0.3, 0.4) is 0 Å². The van der Waals surface area contributed by atoms with Crippen molar-refractivity contribution >= 4 is 23.4 Å². The van der Waals surface area contributed by atoms with Crippen molar-refractivity contribution in [1.82, 2.24) is 4.90 Å². The summed E-state index contributed by atoms with van der Waals surface area (Å²) in [5.74, 6) is -5.70. The van der Waals surface area contributed by atoms with Crippen molar-refractivity contribution in [2.45, 2.75) is 0 Å². The van der Waals surface area contributed by atoms with Gasteiger partial charge in [-0.2, -0.15) is 0 Å². The van der Waals surface area contributed by atoms with E-state index in [1.807, 2.05) is 5.32 Å². The highest BCUT2D eigenvalue weighted by Gasteiger charge is 2.38. The van der Waals surface area contributed by atoms with Crippen LogP contribution in [0.15, 0.2) is 36.4 Å². The van der Waals surface area contributed by atoms with Gasteiger partial charge in [0.15, 0.2) is 0 Å². The van der Waals surface area contributed by atoms with Crippen molar-refractivity contribution < 1.29 is 27.6 Å². The van der Waals surface area contributed by atoms with Crippen LogP contribution in [0.2, 0.25) is 0 Å². The molecule has 1 N–H and O–H groups in total. The Morgan fingerprint density at radius 2 is 1.50 bits per heavy atom. The maximum atomic E-state index is 13.7. The molecule has 0 aliphatic carbocycles. The van der Waals surface area contributed by atoms with Crippen molar-refractivity contribution in [2.24, 2.45) is 0 Å². The van der Waals surface area contributed by atoms with E-state index in [0.717, 1.165) is 24.3 Å². The van der Waals surface area contributed by atoms with Crippen LogP contribution in [0, 0.1) is 17.5 Å². The van der Waals surface area contributed by atoms with Crippen molar-refractivity contribution in [3.63, 3.8) is 0 Å². The standard InChI is InChI=1S/C16H9F3N2O3/c17-9-4-1-3-8-13(9)16(24)21(15(8)23)7-12(22)20-14-10(18)5-2-6-11(14)19/h1-6H,7H2,(H,20,22). The first-order chi connectivity index (χ1) is 11.4. The largest absolute Gasteiger partial charge is 0.320 e. The second kappa shape index (κ2) is 5.80. The highest BCUT2D eigenvalue weighted by molar-refractivity contribution is 6.22. The van der Waals surface area contributed by atoms with Gasteiger partial charge in [-0.3, -0.25) is 19.3 Å². The summed E-state index contributed by atoms with van der Waals surface area (Å²) in [6.07, 6.45) is 0. The molecule has 0 radical (unpaired) electrons. The summed E-state index contributed by atoms with van der Waals surface area (Å²) in [5, 5.41) is 1.96. The maximum absolute atomic E-state index is 13.7. The number of carbonyl (C=O) groups excluding carboxylic acids is 3. The molecule has 5 nitrogen and oxygen atoms in total. The minimum Gasteiger partial charge on any atom is -0.320 e. The van der Waals surface area contributed by atoms with E-state index in [0.29, 0.717) is 4.90 Å². The van der Waals surface area contributed by atoms with Crippen LogP contribution in [0.5, 0.6) is 0 Å². The molecule has 0 fully saturated rings. The van der Waals surface area contributed by atoms with E-state index in [4.69, 9.17) is 0 Å². The number of nitrogens with zero attached hydrogens (tertiary/aromatic N) is 1. The Labute approximate surface area is 133 Å². The maximum Gasteiger partial charge on any atom is 0.265 e. The van der Waals surface area contributed by atoms with E-state index in [-0.39, 0.29) is 5.56 Å². The molecule has 24 heavy (non-hydrogen) atoms. The summed E-state index contributed by atoms with van der Waals surface area (Å²) >= 11 is 0. The number of fused-ring (bicyclic) bond motifs is 1. The molecule has 3 amide bonds. The van der Waals surface area contributed by atoms with Gasteiger partial charge in [0.25, 0.3) is 11.8 Å². The molecule has 0 unspecified atom stereocenters. The Balaban J connectivity index is 1.80. The van der Waals surface area contributed by atoms with Gasteiger partial charge in [-0.15, -0.1) is 0 Å². The molecule has 0 saturated heterocycles. The fraction of sp³-hybridized carbons (Fsp3) is 0.0625. The van der Waals surface area contributed by atoms with E-state index in [9.17, 15) is 27.6 Å². The monoisotopic (exact) mass is 334 g/mol. The molecule has 122 valence electrons. The number of anilines is 1. The molecular weight excluding hydrogens is 325 g/mol. The number of carbonyl (C=O) groups is 3. The quantitative estimate of drug-likeness (QED) is 0.876. The van der Waals surface area contributed by atoms with E-state index in [1.54, 1.807) is 0 Å². The predicted molar refractivity (Wildman–Crippen MR) is 76.8 cm³/mol. The first-order valence-corrected chi connectivity index (χ1v) is 6.78. The molecule has 0 atom stereocenters. The topological polar surface area (TPSA) is 66.5 Å². The van der Waals surface area contributed by atoms with Gasteiger partial charge in [-0.25, -0.2) is 13.2 Å². The molecular formula is C16H9F3N2O3. The van der Waals surface area contributed by atoms with Gasteiger partial charge in [0, 0.05) is 0 Å². The number of hydrogen-bond acceptors (Lipinski definition) is 3. The summed E-state index contributed by atoms with van der Waals surface area (Å²) in [4.78, 5) is 36.6. The molecule has 1 aliphatic heterocycles. The predicted octanol–water partition coefficient (Wildman–Crippen LogP) is 2.34. The summed E-state index contributed by atoms with van der Waals surface area (Å²) in [6, 6.07) is 6.53. The van der Waals surface area contributed by atoms with Crippen molar-refractivity contribution in [2.75, 3.05) is 11.9 Å². The van der Waals surface area contributed by atoms with Crippen LogP contribution in [0.25, 0.3) is 0 Å². The molecule has 2 aromatic rings. The van der Waals surface area contributed by atoms with Crippen molar-refractivity contribution in [1.29, 1.82) is 0 Å². The molecule has 1 aliphatic rings. The fourth-order valence-electron chi connectivity index (χ4n) is 2.38. The zero-order chi connectivity index (χ0) is 17.4. The first kappa shape index (κ1) is 15.7. The number of imide groups is 1. The number of benzene rings is 2. The van der Waals surface area contributed by atoms with Crippen molar-refractivity contribution in [3.8, 4) is 0 Å². The van der Waals surface area contributed by atoms with Crippen molar-refractivity contribution in [3.05, 3.63) is 65.0 Å². The zero-order valence-corrected chi connectivity index (χ0v) is 12.0. The van der Waals surface area contributed by atoms with Gasteiger partial charge in [0.2, 0.25) is 5.91 Å². The fourth-order valence-corrected chi connectivity index (χ4v) is 2.38. The van der Waals surface area contributed by atoms with E-state index in [1.165, 1.54) is 12.1 Å². The molecule has 0 spiro atoms. The average molecular weight is 334 g/mol. The number of amides is 3. The normalized spacial score (nSPS) is 13.2. The second-order valence-corrected chi connectivity index (χ2v) is 5.00. The SMILES string of the molecule is O=C(CN1C(=O)c2cccc(F)c2C1=O)Nc1c(F)cccc1F. The number of para-hydroxylation sites is 1. The van der Waals surface area contributed by atoms with Crippen LogP contribution in [0.1, 0.15) is 20.7 Å². The zero-order valence-electron chi connectivity index (χ0n) is 12.0. The number of halogens is 3. The van der Waals surface area contributed by atoms with E-state index >= 15 is 0 Å². The lowest BCUT2D eigenvalue weighted by molar-refractivity contribution is -0.116.